The van der Waals surface area contributed by atoms with Gasteiger partial charge in [0.25, 0.3) is 5.91 Å². The van der Waals surface area contributed by atoms with Gasteiger partial charge in [0, 0.05) is 18.8 Å². The van der Waals surface area contributed by atoms with Crippen LogP contribution in [0, 0.1) is 0 Å². The van der Waals surface area contributed by atoms with Crippen molar-refractivity contribution in [1.29, 1.82) is 0 Å². The number of hydrogen-bond acceptors (Lipinski definition) is 5. The van der Waals surface area contributed by atoms with Crippen LogP contribution in [0.3, 0.4) is 0 Å². The van der Waals surface area contributed by atoms with Crippen LogP contribution in [0.15, 0.2) is 29.0 Å². The van der Waals surface area contributed by atoms with Crippen LogP contribution in [0.5, 0.6) is 0 Å². The van der Waals surface area contributed by atoms with Gasteiger partial charge in [-0.05, 0) is 12.1 Å². The van der Waals surface area contributed by atoms with Crippen molar-refractivity contribution in [3.05, 3.63) is 41.8 Å². The number of amides is 1. The number of nitrogens with one attached hydrogen (secondary N) is 1. The number of aromatic nitrogens is 3. The molecule has 88 valence electrons. The molecule has 0 unspecified atom stereocenters. The Labute approximate surface area is 98.1 Å². The van der Waals surface area contributed by atoms with E-state index in [9.17, 15) is 4.79 Å². The van der Waals surface area contributed by atoms with Gasteiger partial charge in [-0.15, -0.1) is 0 Å². The Bertz CT molecular complexity index is 495. The highest BCUT2D eigenvalue weighted by atomic mass is 16.5. The van der Waals surface area contributed by atoms with Crippen LogP contribution in [-0.2, 0) is 13.0 Å². The predicted molar refractivity (Wildman–Crippen MR) is 59.1 cm³/mol. The van der Waals surface area contributed by atoms with E-state index in [0.29, 0.717) is 23.7 Å². The van der Waals surface area contributed by atoms with Crippen molar-refractivity contribution in [3.63, 3.8) is 0 Å². The molecule has 1 amide bonds. The molecule has 2 rings (SSSR count). The van der Waals surface area contributed by atoms with Crippen molar-refractivity contribution in [2.75, 3.05) is 0 Å². The second-order valence-electron chi connectivity index (χ2n) is 3.38. The van der Waals surface area contributed by atoms with Crippen molar-refractivity contribution in [3.8, 4) is 0 Å². The monoisotopic (exact) mass is 232 g/mol. The lowest BCUT2D eigenvalue weighted by molar-refractivity contribution is 0.0949. The molecule has 0 aliphatic carbocycles. The highest BCUT2D eigenvalue weighted by Gasteiger charge is 2.08. The number of aryl methyl sites for hydroxylation is 1. The molecular weight excluding hydrogens is 220 g/mol. The van der Waals surface area contributed by atoms with Crippen molar-refractivity contribution in [2.24, 2.45) is 0 Å². The van der Waals surface area contributed by atoms with Gasteiger partial charge in [0.15, 0.2) is 5.82 Å². The van der Waals surface area contributed by atoms with Gasteiger partial charge in [-0.25, -0.2) is 0 Å². The number of rotatable bonds is 4. The number of pyridine rings is 1. The molecule has 0 aliphatic rings. The second kappa shape index (κ2) is 5.20. The third kappa shape index (κ3) is 2.87. The summed E-state index contributed by atoms with van der Waals surface area (Å²) in [5.74, 6) is 0.829. The van der Waals surface area contributed by atoms with Crippen LogP contribution < -0.4 is 5.32 Å². The van der Waals surface area contributed by atoms with Crippen LogP contribution in [-0.4, -0.2) is 21.0 Å². The van der Waals surface area contributed by atoms with Gasteiger partial charge >= 0.3 is 0 Å². The fourth-order valence-electron chi connectivity index (χ4n) is 1.26. The van der Waals surface area contributed by atoms with Gasteiger partial charge in [-0.3, -0.25) is 9.78 Å². The van der Waals surface area contributed by atoms with Crippen molar-refractivity contribution < 1.29 is 9.32 Å². The average molecular weight is 232 g/mol. The van der Waals surface area contributed by atoms with E-state index < -0.39 is 0 Å². The SMILES string of the molecule is CCc1nc(CNC(=O)c2cccnc2)no1. The zero-order valence-electron chi connectivity index (χ0n) is 9.38. The van der Waals surface area contributed by atoms with E-state index in [-0.39, 0.29) is 12.5 Å². The maximum Gasteiger partial charge on any atom is 0.253 e. The minimum atomic E-state index is -0.207. The Morgan fingerprint density at radius 2 is 2.41 bits per heavy atom. The molecule has 2 heterocycles. The van der Waals surface area contributed by atoms with Crippen molar-refractivity contribution in [2.45, 2.75) is 19.9 Å². The van der Waals surface area contributed by atoms with Crippen LogP contribution in [0.1, 0.15) is 29.0 Å². The van der Waals surface area contributed by atoms with E-state index in [1.807, 2.05) is 6.92 Å². The van der Waals surface area contributed by atoms with Crippen molar-refractivity contribution >= 4 is 5.91 Å². The van der Waals surface area contributed by atoms with Gasteiger partial charge < -0.3 is 9.84 Å². The summed E-state index contributed by atoms with van der Waals surface area (Å²) in [6.45, 7) is 2.17. The Kier molecular flexibility index (Phi) is 3.44. The molecule has 17 heavy (non-hydrogen) atoms. The Hall–Kier alpha value is -2.24. The molecule has 0 spiro atoms. The Morgan fingerprint density at radius 1 is 1.53 bits per heavy atom. The minimum absolute atomic E-state index is 0.207. The quantitative estimate of drug-likeness (QED) is 0.849. The highest BCUT2D eigenvalue weighted by Crippen LogP contribution is 1.99. The van der Waals surface area contributed by atoms with Crippen molar-refractivity contribution in [1.82, 2.24) is 20.4 Å². The number of hydrogen-bond donors (Lipinski definition) is 1. The van der Waals surface area contributed by atoms with Crippen LogP contribution >= 0.6 is 0 Å². The normalized spacial score (nSPS) is 10.2. The molecule has 0 saturated carbocycles. The van der Waals surface area contributed by atoms with E-state index in [2.05, 4.69) is 20.4 Å². The van der Waals surface area contributed by atoms with Gasteiger partial charge in [-0.1, -0.05) is 12.1 Å². The molecule has 0 saturated heterocycles. The van der Waals surface area contributed by atoms with E-state index in [1.165, 1.54) is 6.20 Å². The highest BCUT2D eigenvalue weighted by molar-refractivity contribution is 5.93. The fraction of sp³-hybridized carbons (Fsp3) is 0.273. The molecule has 0 bridgehead atoms. The van der Waals surface area contributed by atoms with Gasteiger partial charge in [0.1, 0.15) is 0 Å². The maximum atomic E-state index is 11.7. The summed E-state index contributed by atoms with van der Waals surface area (Å²) >= 11 is 0. The van der Waals surface area contributed by atoms with E-state index >= 15 is 0 Å². The summed E-state index contributed by atoms with van der Waals surface area (Å²) in [5.41, 5.74) is 0.506. The molecule has 0 fully saturated rings. The molecule has 0 radical (unpaired) electrons. The molecule has 6 heteroatoms. The lowest BCUT2D eigenvalue weighted by Gasteiger charge is -2.00. The Morgan fingerprint density at radius 3 is 3.06 bits per heavy atom. The molecule has 2 aromatic rings. The van der Waals surface area contributed by atoms with E-state index in [1.54, 1.807) is 18.3 Å². The topological polar surface area (TPSA) is 80.9 Å². The van der Waals surface area contributed by atoms with Crippen LogP contribution in [0.2, 0.25) is 0 Å². The third-order valence-electron chi connectivity index (χ3n) is 2.14. The van der Waals surface area contributed by atoms with Crippen LogP contribution in [0.25, 0.3) is 0 Å². The summed E-state index contributed by atoms with van der Waals surface area (Å²) in [6, 6.07) is 3.40. The summed E-state index contributed by atoms with van der Waals surface area (Å²) in [5, 5.41) is 6.42. The minimum Gasteiger partial charge on any atom is -0.345 e. The van der Waals surface area contributed by atoms with E-state index in [0.717, 1.165) is 0 Å². The summed E-state index contributed by atoms with van der Waals surface area (Å²) in [4.78, 5) is 19.6. The molecule has 6 nitrogen and oxygen atoms in total. The number of nitrogens with zero attached hydrogens (tertiary/aromatic N) is 3. The molecular formula is C11H12N4O2. The summed E-state index contributed by atoms with van der Waals surface area (Å²) in [6.07, 6.45) is 3.80. The first kappa shape index (κ1) is 11.3. The summed E-state index contributed by atoms with van der Waals surface area (Å²) < 4.78 is 4.93. The fourth-order valence-corrected chi connectivity index (χ4v) is 1.26. The smallest absolute Gasteiger partial charge is 0.253 e. The zero-order valence-corrected chi connectivity index (χ0v) is 9.38. The third-order valence-corrected chi connectivity index (χ3v) is 2.14. The number of carbonyl (C=O) groups excluding carboxylic acids is 1. The zero-order chi connectivity index (χ0) is 12.1. The molecule has 0 aromatic carbocycles. The van der Waals surface area contributed by atoms with E-state index in [4.69, 9.17) is 4.52 Å². The lowest BCUT2D eigenvalue weighted by atomic mass is 10.3. The molecule has 0 atom stereocenters. The second-order valence-corrected chi connectivity index (χ2v) is 3.38. The standard InChI is InChI=1S/C11H12N4O2/c1-2-10-14-9(15-17-10)7-13-11(16)8-4-3-5-12-6-8/h3-6H,2,7H2,1H3,(H,13,16). The largest absolute Gasteiger partial charge is 0.345 e. The first-order valence-corrected chi connectivity index (χ1v) is 5.29. The van der Waals surface area contributed by atoms with Gasteiger partial charge in [0.2, 0.25) is 5.89 Å². The molecule has 1 N–H and O–H groups in total. The predicted octanol–water partition coefficient (Wildman–Crippen LogP) is 0.957. The Balaban J connectivity index is 1.92. The number of carbonyl (C=O) groups is 1. The average Bonchev–Trinajstić information content (AvgIpc) is 2.85. The van der Waals surface area contributed by atoms with Gasteiger partial charge in [-0.2, -0.15) is 4.98 Å². The first-order chi connectivity index (χ1) is 8.29. The van der Waals surface area contributed by atoms with Gasteiger partial charge in [0.05, 0.1) is 12.1 Å². The molecule has 2 aromatic heterocycles. The van der Waals surface area contributed by atoms with Crippen LogP contribution in [0.4, 0.5) is 0 Å². The lowest BCUT2D eigenvalue weighted by Crippen LogP contribution is -2.23. The first-order valence-electron chi connectivity index (χ1n) is 5.29. The maximum absolute atomic E-state index is 11.7. The molecule has 0 aliphatic heterocycles. The summed E-state index contributed by atoms with van der Waals surface area (Å²) in [7, 11) is 0.